The lowest BCUT2D eigenvalue weighted by Crippen LogP contribution is -2.05. The fourth-order valence-electron chi connectivity index (χ4n) is 2.19. The molecule has 0 saturated carbocycles. The van der Waals surface area contributed by atoms with Crippen molar-refractivity contribution in [2.75, 3.05) is 0 Å². The smallest absolute Gasteiger partial charge is 0.135 e. The molecule has 0 unspecified atom stereocenters. The van der Waals surface area contributed by atoms with Crippen LogP contribution in [0.25, 0.3) is 0 Å². The van der Waals surface area contributed by atoms with Crippen LogP contribution in [0.2, 0.25) is 0 Å². The Morgan fingerprint density at radius 3 is 2.61 bits per heavy atom. The van der Waals surface area contributed by atoms with E-state index in [1.807, 2.05) is 0 Å². The van der Waals surface area contributed by atoms with Crippen LogP contribution < -0.4 is 4.74 Å². The molecule has 4 heteroatoms. The van der Waals surface area contributed by atoms with E-state index in [0.717, 1.165) is 11.1 Å². The molecule has 1 aliphatic rings. The summed E-state index contributed by atoms with van der Waals surface area (Å²) in [6.07, 6.45) is 0.532. The maximum Gasteiger partial charge on any atom is 0.135 e. The minimum Gasteiger partial charge on any atom is -0.508 e. The molecule has 1 heterocycles. The molecule has 18 heavy (non-hydrogen) atoms. The lowest BCUT2D eigenvalue weighted by Gasteiger charge is -2.22. The maximum atomic E-state index is 12.9. The lowest BCUT2D eigenvalue weighted by molar-refractivity contribution is 0.423. The molecule has 3 rings (SSSR count). The summed E-state index contributed by atoms with van der Waals surface area (Å²) in [5.74, 6) is 1.08. The van der Waals surface area contributed by atoms with Gasteiger partial charge in [0, 0.05) is 24.1 Å². The second-order valence-corrected chi connectivity index (χ2v) is 4.29. The number of hydrogen-bond acceptors (Lipinski definition) is 3. The number of aromatic hydroxyl groups is 2. The van der Waals surface area contributed by atoms with Gasteiger partial charge in [-0.1, -0.05) is 6.07 Å². The summed E-state index contributed by atoms with van der Waals surface area (Å²) in [7, 11) is 0. The largest absolute Gasteiger partial charge is 0.508 e. The zero-order valence-electron chi connectivity index (χ0n) is 9.48. The van der Waals surface area contributed by atoms with Gasteiger partial charge in [-0.2, -0.15) is 0 Å². The number of phenolic OH excluding ortho intramolecular Hbond substituents is 2. The van der Waals surface area contributed by atoms with Crippen molar-refractivity contribution >= 4 is 0 Å². The van der Waals surface area contributed by atoms with Crippen molar-refractivity contribution in [3.8, 4) is 23.0 Å². The van der Waals surface area contributed by atoms with Gasteiger partial charge in [-0.05, 0) is 23.3 Å². The first kappa shape index (κ1) is 10.9. The molecule has 0 radical (unpaired) electrons. The maximum absolute atomic E-state index is 12.9. The van der Waals surface area contributed by atoms with E-state index in [4.69, 9.17) is 4.74 Å². The molecule has 2 N–H and O–H groups in total. The van der Waals surface area contributed by atoms with Gasteiger partial charge >= 0.3 is 0 Å². The van der Waals surface area contributed by atoms with Crippen molar-refractivity contribution in [2.45, 2.75) is 13.1 Å². The normalized spacial score (nSPS) is 12.5. The summed E-state index contributed by atoms with van der Waals surface area (Å²) in [6, 6.07) is 7.71. The van der Waals surface area contributed by atoms with Crippen LogP contribution in [0.15, 0.2) is 30.3 Å². The Morgan fingerprint density at radius 1 is 1.06 bits per heavy atom. The molecular weight excluding hydrogens is 235 g/mol. The molecule has 0 saturated heterocycles. The van der Waals surface area contributed by atoms with E-state index in [2.05, 4.69) is 0 Å². The second kappa shape index (κ2) is 3.91. The number of alkyl halides is 1. The fourth-order valence-corrected chi connectivity index (χ4v) is 2.19. The molecule has 0 bridgehead atoms. The van der Waals surface area contributed by atoms with Crippen LogP contribution >= 0.6 is 0 Å². The van der Waals surface area contributed by atoms with E-state index in [0.29, 0.717) is 23.5 Å². The average molecular weight is 246 g/mol. The van der Waals surface area contributed by atoms with Crippen LogP contribution in [0.4, 0.5) is 4.39 Å². The predicted octanol–water partition coefficient (Wildman–Crippen LogP) is 3.26. The van der Waals surface area contributed by atoms with Crippen molar-refractivity contribution in [1.29, 1.82) is 0 Å². The number of halogens is 1. The Labute approximate surface area is 103 Å². The monoisotopic (exact) mass is 246 g/mol. The van der Waals surface area contributed by atoms with E-state index >= 15 is 0 Å². The van der Waals surface area contributed by atoms with Gasteiger partial charge in [0.05, 0.1) is 0 Å². The number of fused-ring (bicyclic) bond motifs is 2. The Hall–Kier alpha value is -2.23. The zero-order valence-corrected chi connectivity index (χ0v) is 9.48. The van der Waals surface area contributed by atoms with Crippen molar-refractivity contribution in [2.24, 2.45) is 0 Å². The average Bonchev–Trinajstić information content (AvgIpc) is 2.35. The highest BCUT2D eigenvalue weighted by molar-refractivity contribution is 5.56. The highest BCUT2D eigenvalue weighted by atomic mass is 19.1. The molecule has 92 valence electrons. The van der Waals surface area contributed by atoms with Crippen LogP contribution in [0.5, 0.6) is 23.0 Å². The Kier molecular flexibility index (Phi) is 2.37. The van der Waals surface area contributed by atoms with Gasteiger partial charge in [0.2, 0.25) is 0 Å². The van der Waals surface area contributed by atoms with E-state index in [1.165, 1.54) is 18.2 Å². The van der Waals surface area contributed by atoms with E-state index in [-0.39, 0.29) is 11.5 Å². The third kappa shape index (κ3) is 1.66. The quantitative estimate of drug-likeness (QED) is 0.692. The molecule has 2 aromatic carbocycles. The van der Waals surface area contributed by atoms with Crippen molar-refractivity contribution in [1.82, 2.24) is 0 Å². The van der Waals surface area contributed by atoms with Crippen LogP contribution in [0.3, 0.4) is 0 Å². The first-order chi connectivity index (χ1) is 8.67. The van der Waals surface area contributed by atoms with E-state index in [9.17, 15) is 14.6 Å². The van der Waals surface area contributed by atoms with Gasteiger partial charge in [-0.25, -0.2) is 4.39 Å². The van der Waals surface area contributed by atoms with Crippen molar-refractivity contribution < 1.29 is 19.3 Å². The molecular formula is C14H11FO3. The van der Waals surface area contributed by atoms with E-state index in [1.54, 1.807) is 12.1 Å². The van der Waals surface area contributed by atoms with Crippen molar-refractivity contribution in [3.05, 3.63) is 47.0 Å². The summed E-state index contributed by atoms with van der Waals surface area (Å²) in [5.41, 5.74) is 2.07. The number of benzene rings is 2. The Morgan fingerprint density at radius 2 is 1.83 bits per heavy atom. The summed E-state index contributed by atoms with van der Waals surface area (Å²) in [5, 5.41) is 18.9. The van der Waals surface area contributed by atoms with Crippen LogP contribution in [-0.4, -0.2) is 10.2 Å². The van der Waals surface area contributed by atoms with Crippen molar-refractivity contribution in [3.63, 3.8) is 0 Å². The zero-order chi connectivity index (χ0) is 12.7. The molecule has 0 spiro atoms. The van der Waals surface area contributed by atoms with Crippen LogP contribution in [-0.2, 0) is 13.1 Å². The Balaban J connectivity index is 2.13. The van der Waals surface area contributed by atoms with E-state index < -0.39 is 6.67 Å². The molecule has 1 aliphatic heterocycles. The standard InChI is InChI=1S/C14H11FO3/c15-7-9-3-11(17)6-14-12(9)4-8-1-2-10(16)5-13(8)18-14/h1-3,5-6,16-17H,4,7H2. The van der Waals surface area contributed by atoms with Gasteiger partial charge < -0.3 is 14.9 Å². The summed E-state index contributed by atoms with van der Waals surface area (Å²) < 4.78 is 18.5. The number of ether oxygens (including phenoxy) is 1. The molecule has 0 atom stereocenters. The molecule has 3 nitrogen and oxygen atoms in total. The van der Waals surface area contributed by atoms with Gasteiger partial charge in [0.15, 0.2) is 0 Å². The van der Waals surface area contributed by atoms with Crippen LogP contribution in [0, 0.1) is 0 Å². The number of phenols is 2. The first-order valence-corrected chi connectivity index (χ1v) is 5.58. The van der Waals surface area contributed by atoms with Gasteiger partial charge in [-0.3, -0.25) is 0 Å². The van der Waals surface area contributed by atoms with Crippen LogP contribution in [0.1, 0.15) is 16.7 Å². The van der Waals surface area contributed by atoms with Gasteiger partial charge in [0.1, 0.15) is 29.7 Å². The number of rotatable bonds is 1. The SMILES string of the molecule is Oc1ccc2c(c1)Oc1cc(O)cc(CF)c1C2. The predicted molar refractivity (Wildman–Crippen MR) is 63.9 cm³/mol. The summed E-state index contributed by atoms with van der Waals surface area (Å²) in [6.45, 7) is -0.645. The van der Waals surface area contributed by atoms with Gasteiger partial charge in [-0.15, -0.1) is 0 Å². The third-order valence-corrected chi connectivity index (χ3v) is 3.07. The molecule has 0 aliphatic carbocycles. The third-order valence-electron chi connectivity index (χ3n) is 3.07. The molecule has 0 amide bonds. The first-order valence-electron chi connectivity index (χ1n) is 5.58. The summed E-state index contributed by atoms with van der Waals surface area (Å²) in [4.78, 5) is 0. The highest BCUT2D eigenvalue weighted by Crippen LogP contribution is 2.41. The summed E-state index contributed by atoms with van der Waals surface area (Å²) >= 11 is 0. The highest BCUT2D eigenvalue weighted by Gasteiger charge is 2.21. The van der Waals surface area contributed by atoms with Gasteiger partial charge in [0.25, 0.3) is 0 Å². The minimum atomic E-state index is -0.645. The fraction of sp³-hybridized carbons (Fsp3) is 0.143. The molecule has 0 fully saturated rings. The lowest BCUT2D eigenvalue weighted by atomic mass is 9.96. The second-order valence-electron chi connectivity index (χ2n) is 4.29. The molecule has 2 aromatic rings. The molecule has 0 aromatic heterocycles. The topological polar surface area (TPSA) is 49.7 Å². The Bertz CT molecular complexity index is 623. The number of hydrogen-bond donors (Lipinski definition) is 2. The minimum absolute atomic E-state index is 0.0231.